The maximum atomic E-state index is 11.8. The first-order valence-electron chi connectivity index (χ1n) is 8.07. The van der Waals surface area contributed by atoms with Gasteiger partial charge < -0.3 is 10.2 Å². The van der Waals surface area contributed by atoms with Crippen molar-refractivity contribution in [3.63, 3.8) is 0 Å². The second-order valence-corrected chi connectivity index (χ2v) is 8.12. The second kappa shape index (κ2) is 7.07. The van der Waals surface area contributed by atoms with Crippen molar-refractivity contribution >= 4 is 27.2 Å². The Morgan fingerprint density at radius 1 is 1.36 bits per heavy atom. The number of nitrogens with zero attached hydrogens (tertiary/aromatic N) is 4. The van der Waals surface area contributed by atoms with Gasteiger partial charge in [0, 0.05) is 18.7 Å². The van der Waals surface area contributed by atoms with E-state index in [4.69, 9.17) is 0 Å². The van der Waals surface area contributed by atoms with Crippen LogP contribution in [-0.2, 0) is 9.84 Å². The van der Waals surface area contributed by atoms with Crippen LogP contribution in [0.1, 0.15) is 18.9 Å². The van der Waals surface area contributed by atoms with Crippen molar-refractivity contribution in [3.8, 4) is 6.07 Å². The number of sulfone groups is 1. The predicted octanol–water partition coefficient (Wildman–Crippen LogP) is 2.11. The van der Waals surface area contributed by atoms with E-state index < -0.39 is 9.84 Å². The van der Waals surface area contributed by atoms with E-state index in [1.165, 1.54) is 6.33 Å². The summed E-state index contributed by atoms with van der Waals surface area (Å²) in [6.07, 6.45) is 2.05. The lowest BCUT2D eigenvalue weighted by Gasteiger charge is -2.28. The topological polar surface area (TPSA) is 99.0 Å². The molecule has 7 nitrogen and oxygen atoms in total. The first-order chi connectivity index (χ1) is 12.0. The lowest BCUT2D eigenvalue weighted by atomic mass is 10.2. The standard InChI is InChI=1S/C17H19N5O2S/c1-2-22(14-7-8-25(23,24)11-14)17-9-16(19-12-20-17)21-15-6-4-3-5-13(15)10-18/h3-6,9,12,14H,2,7-8,11H2,1H3,(H,19,20,21). The zero-order chi connectivity index (χ0) is 17.9. The molecule has 1 unspecified atom stereocenters. The minimum Gasteiger partial charge on any atom is -0.353 e. The molecule has 1 aliphatic heterocycles. The number of benzene rings is 1. The number of nitrogens with one attached hydrogen (secondary N) is 1. The molecule has 2 aromatic rings. The molecule has 0 spiro atoms. The van der Waals surface area contributed by atoms with Crippen LogP contribution in [0.15, 0.2) is 36.7 Å². The molecule has 0 amide bonds. The average molecular weight is 357 g/mol. The number of para-hydroxylation sites is 1. The summed E-state index contributed by atoms with van der Waals surface area (Å²) in [5, 5.41) is 12.3. The summed E-state index contributed by atoms with van der Waals surface area (Å²) in [5.74, 6) is 1.62. The van der Waals surface area contributed by atoms with Gasteiger partial charge in [0.2, 0.25) is 0 Å². The average Bonchev–Trinajstić information content (AvgIpc) is 2.96. The highest BCUT2D eigenvalue weighted by atomic mass is 32.2. The Bertz CT molecular complexity index is 907. The monoisotopic (exact) mass is 357 g/mol. The summed E-state index contributed by atoms with van der Waals surface area (Å²) in [5.41, 5.74) is 1.19. The molecular weight excluding hydrogens is 338 g/mol. The first-order valence-corrected chi connectivity index (χ1v) is 9.90. The van der Waals surface area contributed by atoms with Gasteiger partial charge >= 0.3 is 0 Å². The van der Waals surface area contributed by atoms with Gasteiger partial charge in [-0.25, -0.2) is 18.4 Å². The van der Waals surface area contributed by atoms with Crippen LogP contribution in [-0.4, -0.2) is 42.5 Å². The number of aromatic nitrogens is 2. The number of hydrogen-bond donors (Lipinski definition) is 1. The van der Waals surface area contributed by atoms with E-state index in [2.05, 4.69) is 21.4 Å². The molecule has 0 saturated carbocycles. The normalized spacial score (nSPS) is 18.5. The van der Waals surface area contributed by atoms with E-state index in [0.29, 0.717) is 35.9 Å². The fraction of sp³-hybridized carbons (Fsp3) is 0.353. The first kappa shape index (κ1) is 17.2. The van der Waals surface area contributed by atoms with Crippen molar-refractivity contribution in [2.45, 2.75) is 19.4 Å². The lowest BCUT2D eigenvalue weighted by Crippen LogP contribution is -2.36. The number of nitriles is 1. The number of rotatable bonds is 5. The van der Waals surface area contributed by atoms with E-state index in [-0.39, 0.29) is 17.5 Å². The third-order valence-corrected chi connectivity index (χ3v) is 6.00. The Morgan fingerprint density at radius 3 is 2.84 bits per heavy atom. The van der Waals surface area contributed by atoms with Crippen LogP contribution < -0.4 is 10.2 Å². The van der Waals surface area contributed by atoms with Gasteiger partial charge in [-0.15, -0.1) is 0 Å². The molecular formula is C17H19N5O2S. The molecule has 0 radical (unpaired) electrons. The molecule has 25 heavy (non-hydrogen) atoms. The summed E-state index contributed by atoms with van der Waals surface area (Å²) in [4.78, 5) is 10.5. The Morgan fingerprint density at radius 2 is 2.16 bits per heavy atom. The van der Waals surface area contributed by atoms with Gasteiger partial charge in [-0.05, 0) is 25.5 Å². The largest absolute Gasteiger partial charge is 0.353 e. The highest BCUT2D eigenvalue weighted by Crippen LogP contribution is 2.25. The highest BCUT2D eigenvalue weighted by Gasteiger charge is 2.32. The summed E-state index contributed by atoms with van der Waals surface area (Å²) in [6, 6.07) is 11.0. The molecule has 1 N–H and O–H groups in total. The molecule has 3 rings (SSSR count). The molecule has 2 heterocycles. The predicted molar refractivity (Wildman–Crippen MR) is 96.6 cm³/mol. The van der Waals surface area contributed by atoms with Crippen LogP contribution in [0, 0.1) is 11.3 Å². The molecule has 1 aliphatic rings. The van der Waals surface area contributed by atoms with Gasteiger partial charge in [0.05, 0.1) is 22.8 Å². The Balaban J connectivity index is 1.84. The zero-order valence-corrected chi connectivity index (χ0v) is 14.7. The van der Waals surface area contributed by atoms with Gasteiger partial charge in [0.15, 0.2) is 9.84 Å². The zero-order valence-electron chi connectivity index (χ0n) is 13.9. The van der Waals surface area contributed by atoms with E-state index in [1.807, 2.05) is 24.0 Å². The molecule has 1 atom stereocenters. The van der Waals surface area contributed by atoms with Crippen LogP contribution in [0.25, 0.3) is 0 Å². The van der Waals surface area contributed by atoms with Crippen molar-refractivity contribution in [1.82, 2.24) is 9.97 Å². The molecule has 8 heteroatoms. The maximum Gasteiger partial charge on any atom is 0.152 e. The fourth-order valence-corrected chi connectivity index (χ4v) is 4.76. The van der Waals surface area contributed by atoms with Gasteiger partial charge in [-0.3, -0.25) is 0 Å². The van der Waals surface area contributed by atoms with Gasteiger partial charge in [0.1, 0.15) is 24.0 Å². The van der Waals surface area contributed by atoms with Crippen LogP contribution in [0.5, 0.6) is 0 Å². The van der Waals surface area contributed by atoms with Crippen LogP contribution in [0.3, 0.4) is 0 Å². The van der Waals surface area contributed by atoms with Crippen LogP contribution >= 0.6 is 0 Å². The van der Waals surface area contributed by atoms with Crippen molar-refractivity contribution in [3.05, 3.63) is 42.2 Å². The molecule has 1 fully saturated rings. The fourth-order valence-electron chi connectivity index (χ4n) is 3.03. The van der Waals surface area contributed by atoms with E-state index in [9.17, 15) is 13.7 Å². The third-order valence-electron chi connectivity index (χ3n) is 4.25. The van der Waals surface area contributed by atoms with Crippen LogP contribution in [0.2, 0.25) is 0 Å². The molecule has 0 bridgehead atoms. The minimum atomic E-state index is -2.96. The van der Waals surface area contributed by atoms with Crippen molar-refractivity contribution < 1.29 is 8.42 Å². The maximum absolute atomic E-state index is 11.8. The smallest absolute Gasteiger partial charge is 0.152 e. The molecule has 1 saturated heterocycles. The van der Waals surface area contributed by atoms with E-state index >= 15 is 0 Å². The SMILES string of the molecule is CCN(c1cc(Nc2ccccc2C#N)ncn1)C1CCS(=O)(=O)C1. The summed E-state index contributed by atoms with van der Waals surface area (Å²) >= 11 is 0. The Labute approximate surface area is 147 Å². The Kier molecular flexibility index (Phi) is 4.86. The van der Waals surface area contributed by atoms with Gasteiger partial charge in [-0.1, -0.05) is 12.1 Å². The van der Waals surface area contributed by atoms with E-state index in [0.717, 1.165) is 0 Å². The number of hydrogen-bond acceptors (Lipinski definition) is 7. The van der Waals surface area contributed by atoms with Crippen molar-refractivity contribution in [2.75, 3.05) is 28.3 Å². The van der Waals surface area contributed by atoms with Crippen molar-refractivity contribution in [1.29, 1.82) is 5.26 Å². The third kappa shape index (κ3) is 3.88. The lowest BCUT2D eigenvalue weighted by molar-refractivity contribution is 0.599. The Hall–Kier alpha value is -2.66. The molecule has 130 valence electrons. The number of anilines is 3. The van der Waals surface area contributed by atoms with E-state index in [1.54, 1.807) is 18.2 Å². The molecule has 1 aromatic heterocycles. The summed E-state index contributed by atoms with van der Waals surface area (Å²) < 4.78 is 23.5. The van der Waals surface area contributed by atoms with Gasteiger partial charge in [-0.2, -0.15) is 5.26 Å². The molecule has 0 aliphatic carbocycles. The van der Waals surface area contributed by atoms with Gasteiger partial charge in [0.25, 0.3) is 0 Å². The molecule has 1 aromatic carbocycles. The highest BCUT2D eigenvalue weighted by molar-refractivity contribution is 7.91. The second-order valence-electron chi connectivity index (χ2n) is 5.89. The van der Waals surface area contributed by atoms with Crippen molar-refractivity contribution in [2.24, 2.45) is 0 Å². The summed E-state index contributed by atoms with van der Waals surface area (Å²) in [6.45, 7) is 2.64. The summed E-state index contributed by atoms with van der Waals surface area (Å²) in [7, 11) is -2.96. The minimum absolute atomic E-state index is 0.0656. The van der Waals surface area contributed by atoms with Crippen LogP contribution in [0.4, 0.5) is 17.3 Å². The quantitative estimate of drug-likeness (QED) is 0.875.